The minimum atomic E-state index is -0.744. The van der Waals surface area contributed by atoms with Gasteiger partial charge in [-0.25, -0.2) is 22.9 Å². The molecule has 1 saturated heterocycles. The summed E-state index contributed by atoms with van der Waals surface area (Å²) in [6.07, 6.45) is 1.22. The van der Waals surface area contributed by atoms with Crippen molar-refractivity contribution in [2.45, 2.75) is 25.4 Å². The summed E-state index contributed by atoms with van der Waals surface area (Å²) in [7, 11) is 0. The van der Waals surface area contributed by atoms with Gasteiger partial charge in [0, 0.05) is 24.7 Å². The predicted octanol–water partition coefficient (Wildman–Crippen LogP) is 5.07. The quantitative estimate of drug-likeness (QED) is 0.386. The van der Waals surface area contributed by atoms with Crippen LogP contribution in [0, 0.1) is 27.6 Å². The molecule has 4 rings (SSSR count). The zero-order chi connectivity index (χ0) is 24.2. The van der Waals surface area contributed by atoms with Crippen LogP contribution in [0.2, 0.25) is 0 Å². The fourth-order valence-corrected chi connectivity index (χ4v) is 3.91. The summed E-state index contributed by atoms with van der Waals surface area (Å²) < 4.78 is 41.2. The molecule has 8 nitrogen and oxygen atoms in total. The molecular weight excluding hydrogens is 451 g/mol. The van der Waals surface area contributed by atoms with Crippen molar-refractivity contribution in [3.05, 3.63) is 93.3 Å². The number of pyridine rings is 1. The summed E-state index contributed by atoms with van der Waals surface area (Å²) in [5, 5.41) is 16.4. The van der Waals surface area contributed by atoms with Crippen molar-refractivity contribution < 1.29 is 22.9 Å². The molecule has 0 spiro atoms. The monoisotopic (exact) mass is 471 g/mol. The Bertz CT molecular complexity index is 1220. The van der Waals surface area contributed by atoms with E-state index in [-0.39, 0.29) is 23.7 Å². The Morgan fingerprint density at radius 2 is 1.82 bits per heavy atom. The zero-order valence-corrected chi connectivity index (χ0v) is 17.8. The average molecular weight is 471 g/mol. The van der Waals surface area contributed by atoms with Crippen LogP contribution in [-0.4, -0.2) is 22.5 Å². The summed E-state index contributed by atoms with van der Waals surface area (Å²) in [6, 6.07) is 10.1. The fraction of sp³-hybridized carbons (Fsp3) is 0.217. The third kappa shape index (κ3) is 5.08. The standard InChI is InChI=1S/C23H20F3N5O3/c24-15-5-3-14(4-6-15)13-27-23(32)29-22-20(31(33)34)9-10-21(28-22)30-11-1-2-19(30)17-12-16(25)7-8-18(17)26/h3-10,12,19H,1-2,11,13H2,(H2,27,28,29,32)/t19-/m1/s1. The van der Waals surface area contributed by atoms with Crippen molar-refractivity contribution in [3.8, 4) is 0 Å². The first kappa shape index (κ1) is 23.0. The Morgan fingerprint density at radius 3 is 2.56 bits per heavy atom. The van der Waals surface area contributed by atoms with Gasteiger partial charge in [-0.1, -0.05) is 12.1 Å². The highest BCUT2D eigenvalue weighted by molar-refractivity contribution is 5.90. The van der Waals surface area contributed by atoms with Crippen molar-refractivity contribution in [1.82, 2.24) is 10.3 Å². The SMILES string of the molecule is O=C(NCc1ccc(F)cc1)Nc1nc(N2CCC[C@@H]2c2cc(F)ccc2F)ccc1[N+](=O)[O-]. The van der Waals surface area contributed by atoms with Crippen LogP contribution in [0.5, 0.6) is 0 Å². The van der Waals surface area contributed by atoms with Gasteiger partial charge >= 0.3 is 11.7 Å². The molecule has 3 aromatic rings. The first-order valence-electron chi connectivity index (χ1n) is 10.5. The van der Waals surface area contributed by atoms with Crippen molar-refractivity contribution in [2.24, 2.45) is 0 Å². The smallest absolute Gasteiger partial charge is 0.320 e. The molecule has 0 bridgehead atoms. The van der Waals surface area contributed by atoms with Crippen LogP contribution in [0.3, 0.4) is 0 Å². The molecule has 176 valence electrons. The van der Waals surface area contributed by atoms with E-state index >= 15 is 0 Å². The Kier molecular flexibility index (Phi) is 6.62. The molecule has 0 radical (unpaired) electrons. The number of nitrogens with zero attached hydrogens (tertiary/aromatic N) is 3. The second kappa shape index (κ2) is 9.77. The van der Waals surface area contributed by atoms with E-state index in [1.807, 2.05) is 0 Å². The van der Waals surface area contributed by atoms with E-state index in [0.717, 1.165) is 18.2 Å². The van der Waals surface area contributed by atoms with Crippen LogP contribution >= 0.6 is 0 Å². The van der Waals surface area contributed by atoms with Crippen LogP contribution in [0.15, 0.2) is 54.6 Å². The lowest BCUT2D eigenvalue weighted by molar-refractivity contribution is -0.384. The summed E-state index contributed by atoms with van der Waals surface area (Å²) in [4.78, 5) is 29.1. The Balaban J connectivity index is 1.55. The maximum absolute atomic E-state index is 14.4. The molecule has 1 aliphatic rings. The third-order valence-corrected chi connectivity index (χ3v) is 5.52. The van der Waals surface area contributed by atoms with Crippen molar-refractivity contribution >= 4 is 23.4 Å². The van der Waals surface area contributed by atoms with Gasteiger partial charge in [-0.15, -0.1) is 0 Å². The van der Waals surface area contributed by atoms with Gasteiger partial charge in [0.15, 0.2) is 0 Å². The lowest BCUT2D eigenvalue weighted by atomic mass is 10.0. The summed E-state index contributed by atoms with van der Waals surface area (Å²) in [6.45, 7) is 0.536. The molecule has 2 aromatic carbocycles. The van der Waals surface area contributed by atoms with Crippen LogP contribution in [0.4, 0.5) is 35.3 Å². The van der Waals surface area contributed by atoms with E-state index in [2.05, 4.69) is 15.6 Å². The van der Waals surface area contributed by atoms with Crippen molar-refractivity contribution in [2.75, 3.05) is 16.8 Å². The molecule has 34 heavy (non-hydrogen) atoms. The van der Waals surface area contributed by atoms with Gasteiger partial charge in [-0.3, -0.25) is 15.4 Å². The molecule has 0 aliphatic carbocycles. The molecule has 2 heterocycles. The second-order valence-corrected chi connectivity index (χ2v) is 7.75. The minimum absolute atomic E-state index is 0.0622. The fourth-order valence-electron chi connectivity index (χ4n) is 3.91. The number of benzene rings is 2. The van der Waals surface area contributed by atoms with Gasteiger partial charge in [-0.2, -0.15) is 0 Å². The number of nitro groups is 1. The number of carbonyl (C=O) groups excluding carboxylic acids is 1. The average Bonchev–Trinajstić information content (AvgIpc) is 3.30. The Hall–Kier alpha value is -4.15. The van der Waals surface area contributed by atoms with E-state index in [9.17, 15) is 28.1 Å². The number of nitrogens with one attached hydrogen (secondary N) is 2. The number of amides is 2. The molecule has 0 saturated carbocycles. The van der Waals surface area contributed by atoms with Crippen LogP contribution in [-0.2, 0) is 6.54 Å². The van der Waals surface area contributed by atoms with E-state index in [1.54, 1.807) is 4.90 Å². The third-order valence-electron chi connectivity index (χ3n) is 5.52. The summed E-state index contributed by atoms with van der Waals surface area (Å²) >= 11 is 0. The highest BCUT2D eigenvalue weighted by Crippen LogP contribution is 2.38. The molecule has 2 amide bonds. The van der Waals surface area contributed by atoms with E-state index in [0.29, 0.717) is 24.9 Å². The van der Waals surface area contributed by atoms with Gasteiger partial charge < -0.3 is 10.2 Å². The number of carbonyl (C=O) groups is 1. The number of hydrogen-bond donors (Lipinski definition) is 2. The van der Waals surface area contributed by atoms with Gasteiger partial charge in [-0.05, 0) is 54.8 Å². The zero-order valence-electron chi connectivity index (χ0n) is 17.8. The molecule has 0 unspecified atom stereocenters. The number of rotatable bonds is 6. The maximum Gasteiger partial charge on any atom is 0.320 e. The molecule has 1 fully saturated rings. The minimum Gasteiger partial charge on any atom is -0.349 e. The van der Waals surface area contributed by atoms with E-state index in [1.165, 1.54) is 36.4 Å². The molecule has 1 atom stereocenters. The van der Waals surface area contributed by atoms with Gasteiger partial charge in [0.25, 0.3) is 0 Å². The van der Waals surface area contributed by atoms with Gasteiger partial charge in [0.1, 0.15) is 23.3 Å². The van der Waals surface area contributed by atoms with Gasteiger partial charge in [0.05, 0.1) is 11.0 Å². The number of urea groups is 1. The second-order valence-electron chi connectivity index (χ2n) is 7.75. The molecule has 1 aliphatic heterocycles. The Morgan fingerprint density at radius 1 is 1.09 bits per heavy atom. The normalized spacial score (nSPS) is 15.3. The Labute approximate surface area is 192 Å². The van der Waals surface area contributed by atoms with E-state index < -0.39 is 40.1 Å². The lowest BCUT2D eigenvalue weighted by Gasteiger charge is -2.26. The van der Waals surface area contributed by atoms with Gasteiger partial charge in [0.2, 0.25) is 5.82 Å². The maximum atomic E-state index is 14.4. The van der Waals surface area contributed by atoms with E-state index in [4.69, 9.17) is 0 Å². The number of aromatic nitrogens is 1. The van der Waals surface area contributed by atoms with Crippen LogP contribution < -0.4 is 15.5 Å². The first-order chi connectivity index (χ1) is 16.3. The highest BCUT2D eigenvalue weighted by atomic mass is 19.1. The molecule has 11 heteroatoms. The lowest BCUT2D eigenvalue weighted by Crippen LogP contribution is -2.29. The van der Waals surface area contributed by atoms with Crippen LogP contribution in [0.1, 0.15) is 30.0 Å². The molecular formula is C23H20F3N5O3. The van der Waals surface area contributed by atoms with Crippen molar-refractivity contribution in [1.29, 1.82) is 0 Å². The van der Waals surface area contributed by atoms with Crippen LogP contribution in [0.25, 0.3) is 0 Å². The summed E-state index contributed by atoms with van der Waals surface area (Å²) in [5.41, 5.74) is 0.377. The first-order valence-corrected chi connectivity index (χ1v) is 10.5. The number of anilines is 2. The van der Waals surface area contributed by atoms with Crippen molar-refractivity contribution in [3.63, 3.8) is 0 Å². The molecule has 2 N–H and O–H groups in total. The number of hydrogen-bond acceptors (Lipinski definition) is 5. The topological polar surface area (TPSA) is 100 Å². The number of halogens is 3. The largest absolute Gasteiger partial charge is 0.349 e. The molecule has 1 aromatic heterocycles. The highest BCUT2D eigenvalue weighted by Gasteiger charge is 2.31. The summed E-state index contributed by atoms with van der Waals surface area (Å²) in [5.74, 6) is -1.54. The predicted molar refractivity (Wildman–Crippen MR) is 119 cm³/mol.